The van der Waals surface area contributed by atoms with Crippen molar-refractivity contribution in [1.29, 1.82) is 0 Å². The number of nitrogens with zero attached hydrogens (tertiary/aromatic N) is 1. The molecule has 4 aromatic rings. The first-order valence-corrected chi connectivity index (χ1v) is 16.2. The Hall–Kier alpha value is -4.96. The van der Waals surface area contributed by atoms with Crippen LogP contribution in [0.3, 0.4) is 0 Å². The average Bonchev–Trinajstić information content (AvgIpc) is 3.47. The molecule has 4 atom stereocenters. The highest BCUT2D eigenvalue weighted by molar-refractivity contribution is 5.95. The standard InChI is InChI=1S/C37H43N5O5/c1-24(2)19-32(37(46)47)41-34(43)30(20-25-11-5-3-6-12-25)40-35(44)33(22-27-23-39-29-16-10-9-15-28(27)29)42-18-17-38-31(36(42)45)21-26-13-7-4-8-14-26/h3-16,23-24,30-33,38-39H,17-22H2,1-2H3,(H,40,44)(H,41,43)(H,46,47)/t30-,31-,32-,33-/m0/s1. The van der Waals surface area contributed by atoms with E-state index in [-0.39, 0.29) is 31.1 Å². The van der Waals surface area contributed by atoms with Gasteiger partial charge in [0.1, 0.15) is 18.1 Å². The van der Waals surface area contributed by atoms with Crippen LogP contribution in [0.4, 0.5) is 0 Å². The highest BCUT2D eigenvalue weighted by atomic mass is 16.4. The van der Waals surface area contributed by atoms with Gasteiger partial charge >= 0.3 is 5.97 Å². The Morgan fingerprint density at radius 3 is 2.17 bits per heavy atom. The van der Waals surface area contributed by atoms with Crippen LogP contribution in [0.25, 0.3) is 10.9 Å². The van der Waals surface area contributed by atoms with Crippen LogP contribution < -0.4 is 16.0 Å². The van der Waals surface area contributed by atoms with Crippen LogP contribution in [0.15, 0.2) is 91.1 Å². The Morgan fingerprint density at radius 2 is 1.49 bits per heavy atom. The summed E-state index contributed by atoms with van der Waals surface area (Å²) in [5, 5.41) is 19.7. The van der Waals surface area contributed by atoms with Crippen molar-refractivity contribution in [2.75, 3.05) is 13.1 Å². The first kappa shape index (κ1) is 33.4. The SMILES string of the molecule is CC(C)C[C@H](NC(=O)[C@H](Cc1ccccc1)NC(=O)[C@H](Cc1c[nH]c2ccccc12)N1CCN[C@@H](Cc2ccccc2)C1=O)C(=O)O. The van der Waals surface area contributed by atoms with Crippen LogP contribution in [0.1, 0.15) is 37.0 Å². The topological polar surface area (TPSA) is 144 Å². The van der Waals surface area contributed by atoms with E-state index < -0.39 is 42.0 Å². The van der Waals surface area contributed by atoms with Crippen LogP contribution in [0, 0.1) is 5.92 Å². The first-order valence-electron chi connectivity index (χ1n) is 16.2. The van der Waals surface area contributed by atoms with Gasteiger partial charge in [-0.3, -0.25) is 14.4 Å². The van der Waals surface area contributed by atoms with Gasteiger partial charge in [0.2, 0.25) is 17.7 Å². The van der Waals surface area contributed by atoms with E-state index in [4.69, 9.17) is 0 Å². The number of aromatic nitrogens is 1. The molecule has 0 unspecified atom stereocenters. The summed E-state index contributed by atoms with van der Waals surface area (Å²) in [5.74, 6) is -2.36. The zero-order valence-electron chi connectivity index (χ0n) is 26.8. The van der Waals surface area contributed by atoms with E-state index in [0.29, 0.717) is 19.5 Å². The van der Waals surface area contributed by atoms with Crippen molar-refractivity contribution in [2.45, 2.75) is 63.7 Å². The van der Waals surface area contributed by atoms with E-state index in [1.165, 1.54) is 0 Å². The number of carboxylic acids is 1. The second-order valence-corrected chi connectivity index (χ2v) is 12.6. The van der Waals surface area contributed by atoms with Crippen molar-refractivity contribution in [3.63, 3.8) is 0 Å². The molecule has 0 radical (unpaired) electrons. The van der Waals surface area contributed by atoms with E-state index in [0.717, 1.165) is 27.6 Å². The van der Waals surface area contributed by atoms with Gasteiger partial charge in [0, 0.05) is 43.0 Å². The van der Waals surface area contributed by atoms with Gasteiger partial charge in [-0.1, -0.05) is 92.7 Å². The van der Waals surface area contributed by atoms with Crippen molar-refractivity contribution in [2.24, 2.45) is 5.92 Å². The highest BCUT2D eigenvalue weighted by Crippen LogP contribution is 2.23. The molecule has 3 aromatic carbocycles. The Balaban J connectivity index is 1.44. The first-order chi connectivity index (χ1) is 22.7. The number of hydrogen-bond donors (Lipinski definition) is 5. The third-order valence-electron chi connectivity index (χ3n) is 8.61. The number of carbonyl (C=O) groups is 4. The van der Waals surface area contributed by atoms with Gasteiger partial charge in [-0.2, -0.15) is 0 Å². The summed E-state index contributed by atoms with van der Waals surface area (Å²) in [4.78, 5) is 59.0. The monoisotopic (exact) mass is 637 g/mol. The Labute approximate surface area is 274 Å². The lowest BCUT2D eigenvalue weighted by Gasteiger charge is -2.38. The van der Waals surface area contributed by atoms with E-state index in [1.54, 1.807) is 4.90 Å². The summed E-state index contributed by atoms with van der Waals surface area (Å²) in [7, 11) is 0. The maximum absolute atomic E-state index is 14.4. The predicted molar refractivity (Wildman–Crippen MR) is 181 cm³/mol. The Morgan fingerprint density at radius 1 is 0.851 bits per heavy atom. The van der Waals surface area contributed by atoms with Crippen molar-refractivity contribution in [1.82, 2.24) is 25.8 Å². The number of piperazine rings is 1. The van der Waals surface area contributed by atoms with Crippen LogP contribution in [-0.4, -0.2) is 75.9 Å². The molecule has 5 rings (SSSR count). The summed E-state index contributed by atoms with van der Waals surface area (Å²) in [6.45, 7) is 4.59. The molecule has 0 bridgehead atoms. The number of fused-ring (bicyclic) bond motifs is 1. The lowest BCUT2D eigenvalue weighted by atomic mass is 9.97. The van der Waals surface area contributed by atoms with Crippen LogP contribution >= 0.6 is 0 Å². The summed E-state index contributed by atoms with van der Waals surface area (Å²) in [6, 6.07) is 23.2. The highest BCUT2D eigenvalue weighted by Gasteiger charge is 2.38. The van der Waals surface area contributed by atoms with Crippen molar-refractivity contribution >= 4 is 34.6 Å². The molecule has 5 N–H and O–H groups in total. The number of aromatic amines is 1. The molecule has 0 aliphatic carbocycles. The minimum Gasteiger partial charge on any atom is -0.480 e. The van der Waals surface area contributed by atoms with Gasteiger partial charge in [-0.25, -0.2) is 4.79 Å². The second kappa shape index (κ2) is 15.6. The van der Waals surface area contributed by atoms with E-state index in [2.05, 4.69) is 20.9 Å². The van der Waals surface area contributed by atoms with Crippen LogP contribution in [0.2, 0.25) is 0 Å². The maximum Gasteiger partial charge on any atom is 0.326 e. The second-order valence-electron chi connectivity index (χ2n) is 12.6. The lowest BCUT2D eigenvalue weighted by molar-refractivity contribution is -0.145. The largest absolute Gasteiger partial charge is 0.480 e. The fourth-order valence-corrected chi connectivity index (χ4v) is 6.22. The average molecular weight is 638 g/mol. The summed E-state index contributed by atoms with van der Waals surface area (Å²) < 4.78 is 0. The number of para-hydroxylation sites is 1. The van der Waals surface area contributed by atoms with Crippen LogP contribution in [-0.2, 0) is 38.4 Å². The number of amides is 3. The summed E-state index contributed by atoms with van der Waals surface area (Å²) >= 11 is 0. The number of carboxylic acid groups (broad SMARTS) is 1. The van der Waals surface area contributed by atoms with Gasteiger partial charge in [-0.15, -0.1) is 0 Å². The molecule has 0 saturated carbocycles. The van der Waals surface area contributed by atoms with E-state index in [9.17, 15) is 24.3 Å². The Kier molecular flexibility index (Phi) is 11.1. The maximum atomic E-state index is 14.4. The number of aliphatic carboxylic acids is 1. The molecule has 1 aliphatic heterocycles. The molecular formula is C37H43N5O5. The smallest absolute Gasteiger partial charge is 0.326 e. The minimum absolute atomic E-state index is 0.0293. The van der Waals surface area contributed by atoms with Gasteiger partial charge in [-0.05, 0) is 41.5 Å². The molecule has 1 aromatic heterocycles. The molecule has 1 saturated heterocycles. The fourth-order valence-electron chi connectivity index (χ4n) is 6.22. The van der Waals surface area contributed by atoms with Crippen molar-refractivity contribution in [3.8, 4) is 0 Å². The molecule has 3 amide bonds. The van der Waals surface area contributed by atoms with Crippen LogP contribution in [0.5, 0.6) is 0 Å². The number of hydrogen-bond acceptors (Lipinski definition) is 5. The molecular weight excluding hydrogens is 594 g/mol. The van der Waals surface area contributed by atoms with Gasteiger partial charge in [0.05, 0.1) is 6.04 Å². The minimum atomic E-state index is -1.13. The predicted octanol–water partition coefficient (Wildman–Crippen LogP) is 3.47. The van der Waals surface area contributed by atoms with Gasteiger partial charge < -0.3 is 30.9 Å². The lowest BCUT2D eigenvalue weighted by Crippen LogP contribution is -2.63. The summed E-state index contributed by atoms with van der Waals surface area (Å²) in [5.41, 5.74) is 3.60. The number of carbonyl (C=O) groups excluding carboxylic acids is 3. The van der Waals surface area contributed by atoms with E-state index >= 15 is 0 Å². The van der Waals surface area contributed by atoms with Crippen molar-refractivity contribution in [3.05, 3.63) is 108 Å². The molecule has 1 fully saturated rings. The zero-order chi connectivity index (χ0) is 33.3. The fraction of sp³-hybridized carbons (Fsp3) is 0.351. The zero-order valence-corrected chi connectivity index (χ0v) is 26.8. The molecule has 47 heavy (non-hydrogen) atoms. The number of rotatable bonds is 14. The molecule has 0 spiro atoms. The summed E-state index contributed by atoms with van der Waals surface area (Å²) in [6.07, 6.45) is 2.96. The Bertz CT molecular complexity index is 1670. The molecule has 10 nitrogen and oxygen atoms in total. The number of H-pyrrole nitrogens is 1. The number of nitrogens with one attached hydrogen (secondary N) is 4. The molecule has 1 aliphatic rings. The number of benzene rings is 3. The molecule has 10 heteroatoms. The van der Waals surface area contributed by atoms with E-state index in [1.807, 2.05) is 105 Å². The normalized spacial score (nSPS) is 16.9. The van der Waals surface area contributed by atoms with Gasteiger partial charge in [0.15, 0.2) is 0 Å². The third-order valence-corrected chi connectivity index (χ3v) is 8.61. The third kappa shape index (κ3) is 8.65. The molecule has 246 valence electrons. The quantitative estimate of drug-likeness (QED) is 0.143. The van der Waals surface area contributed by atoms with Crippen molar-refractivity contribution < 1.29 is 24.3 Å². The van der Waals surface area contributed by atoms with Gasteiger partial charge in [0.25, 0.3) is 0 Å². The molecule has 2 heterocycles.